The van der Waals surface area contributed by atoms with Crippen molar-refractivity contribution in [1.29, 1.82) is 0 Å². The van der Waals surface area contributed by atoms with E-state index in [9.17, 15) is 24.0 Å². The van der Waals surface area contributed by atoms with Crippen molar-refractivity contribution in [3.63, 3.8) is 0 Å². The summed E-state index contributed by atoms with van der Waals surface area (Å²) in [5.41, 5.74) is 5.09. The Hall–Kier alpha value is -6.36. The lowest BCUT2D eigenvalue weighted by Crippen LogP contribution is -2.44. The van der Waals surface area contributed by atoms with Gasteiger partial charge in [-0.1, -0.05) is 17.8 Å². The van der Waals surface area contributed by atoms with E-state index in [1.807, 2.05) is 0 Å². The number of ketones is 2. The molecule has 0 unspecified atom stereocenters. The zero-order valence-electron chi connectivity index (χ0n) is 43.4. The SMILES string of the molecule is C#CCOCC(COCC#C)(COCC#C)CC(=O)CCOCCOCCOCCOCCOCCOCCCC(=O)CC[C@H](NC(=O)c1ccc(NCc2cnc3nc(N)[nH]c(=O)c3n2)cc1)C(=O)OC(C)(C)C. The Labute approximate surface area is 438 Å². The molecule has 2 heterocycles. The molecule has 22 heteroatoms. The predicted octanol–water partition coefficient (Wildman–Crippen LogP) is 2.86. The number of benzene rings is 1. The number of H-pyrrole nitrogens is 1. The van der Waals surface area contributed by atoms with E-state index in [0.29, 0.717) is 96.0 Å². The topological polar surface area (TPSA) is 282 Å². The lowest BCUT2D eigenvalue weighted by molar-refractivity contribution is -0.157. The van der Waals surface area contributed by atoms with E-state index in [2.05, 4.69) is 48.3 Å². The molecule has 2 aromatic heterocycles. The van der Waals surface area contributed by atoms with E-state index in [1.165, 1.54) is 6.20 Å². The zero-order chi connectivity index (χ0) is 54.6. The first-order valence-corrected chi connectivity index (χ1v) is 24.6. The molecule has 0 radical (unpaired) electrons. The van der Waals surface area contributed by atoms with Crippen LogP contribution in [0.5, 0.6) is 0 Å². The number of terminal acetylenes is 3. The van der Waals surface area contributed by atoms with Crippen LogP contribution in [0.3, 0.4) is 0 Å². The van der Waals surface area contributed by atoms with Gasteiger partial charge in [0.25, 0.3) is 11.5 Å². The Balaban J connectivity index is 1.19. The van der Waals surface area contributed by atoms with Gasteiger partial charge in [-0.2, -0.15) is 4.98 Å². The molecular formula is C53H73N7O15. The van der Waals surface area contributed by atoms with Crippen molar-refractivity contribution < 1.29 is 66.5 Å². The smallest absolute Gasteiger partial charge is 0.329 e. The Morgan fingerprint density at radius 2 is 1.20 bits per heavy atom. The number of rotatable bonds is 42. The van der Waals surface area contributed by atoms with Crippen LogP contribution in [-0.2, 0) is 68.3 Å². The number of hydrogen-bond donors (Lipinski definition) is 4. The molecule has 0 spiro atoms. The number of anilines is 2. The van der Waals surface area contributed by atoms with Crippen LogP contribution in [0.25, 0.3) is 11.2 Å². The number of carbonyl (C=O) groups is 4. The largest absolute Gasteiger partial charge is 0.458 e. The summed E-state index contributed by atoms with van der Waals surface area (Å²) >= 11 is 0. The predicted molar refractivity (Wildman–Crippen MR) is 277 cm³/mol. The summed E-state index contributed by atoms with van der Waals surface area (Å²) in [5.74, 6) is 5.88. The first kappa shape index (κ1) is 62.9. The number of nitrogens with two attached hydrogens (primary N) is 1. The highest BCUT2D eigenvalue weighted by molar-refractivity contribution is 5.97. The van der Waals surface area contributed by atoms with Gasteiger partial charge in [-0.3, -0.25) is 24.2 Å². The van der Waals surface area contributed by atoms with E-state index < -0.39 is 34.5 Å². The lowest BCUT2D eigenvalue weighted by atomic mass is 9.84. The molecule has 1 amide bonds. The molecule has 0 aliphatic carbocycles. The first-order valence-electron chi connectivity index (χ1n) is 24.6. The molecule has 1 aromatic carbocycles. The van der Waals surface area contributed by atoms with E-state index in [4.69, 9.17) is 72.4 Å². The summed E-state index contributed by atoms with van der Waals surface area (Å²) in [5, 5.41) is 5.89. The van der Waals surface area contributed by atoms with Crippen molar-refractivity contribution >= 4 is 46.2 Å². The molecule has 0 saturated heterocycles. The normalized spacial score (nSPS) is 11.8. The van der Waals surface area contributed by atoms with Crippen molar-refractivity contribution in [2.45, 2.75) is 77.5 Å². The molecule has 0 aliphatic rings. The van der Waals surface area contributed by atoms with Gasteiger partial charge >= 0.3 is 5.97 Å². The average Bonchev–Trinajstić information content (AvgIpc) is 3.37. The monoisotopic (exact) mass is 1050 g/mol. The minimum absolute atomic E-state index is 0.0532. The number of aromatic amines is 1. The molecule has 0 saturated carbocycles. The fraction of sp³-hybridized carbons (Fsp3) is 0.585. The molecule has 410 valence electrons. The molecule has 22 nitrogen and oxygen atoms in total. The third kappa shape index (κ3) is 27.7. The summed E-state index contributed by atoms with van der Waals surface area (Å²) in [7, 11) is 0. The number of Topliss-reactive ketones (excluding diaryl/α,β-unsaturated/α-hetero) is 2. The maximum atomic E-state index is 13.2. The summed E-state index contributed by atoms with van der Waals surface area (Å²) < 4.78 is 55.5. The number of esters is 1. The Morgan fingerprint density at radius 3 is 1.72 bits per heavy atom. The quantitative estimate of drug-likeness (QED) is 0.0361. The second-order valence-electron chi connectivity index (χ2n) is 17.9. The van der Waals surface area contributed by atoms with E-state index in [0.717, 1.165) is 0 Å². The molecule has 0 fully saturated rings. The van der Waals surface area contributed by atoms with E-state index in [1.54, 1.807) is 45.0 Å². The lowest BCUT2D eigenvalue weighted by Gasteiger charge is -2.32. The third-order valence-corrected chi connectivity index (χ3v) is 10.3. The second kappa shape index (κ2) is 36.6. The number of fused-ring (bicyclic) bond motifs is 1. The standard InChI is InChI=1S/C53H73N7O15/c1-7-19-72-37-53(38-73-20-8-2,39-74-21-9-3)34-44(62)18-23-67-25-27-69-29-31-71-33-32-70-30-28-68-26-24-66-22-10-11-43(61)16-17-45(50(65)75-52(4,5)6)58-48(63)40-12-14-41(15-13-40)55-35-42-36-56-47-46(57-42)49(64)60-51(54)59-47/h1-3,12-15,36,45,55H,10-11,16-35,37-39H2,4-6H3,(H,58,63)(H3,54,56,59,60,64)/t45-/m0/s1. The van der Waals surface area contributed by atoms with Crippen LogP contribution in [0.4, 0.5) is 11.6 Å². The molecule has 1 atom stereocenters. The highest BCUT2D eigenvalue weighted by Crippen LogP contribution is 2.26. The molecule has 3 aromatic rings. The summed E-state index contributed by atoms with van der Waals surface area (Å²) in [6.45, 7) is 10.2. The minimum atomic E-state index is -1.05. The molecule has 5 N–H and O–H groups in total. The summed E-state index contributed by atoms with van der Waals surface area (Å²) in [6.07, 6.45) is 18.6. The molecule has 3 rings (SSSR count). The molecule has 0 aliphatic heterocycles. The van der Waals surface area contributed by atoms with E-state index in [-0.39, 0.29) is 114 Å². The van der Waals surface area contributed by atoms with Gasteiger partial charge in [-0.15, -0.1) is 19.3 Å². The van der Waals surface area contributed by atoms with Gasteiger partial charge in [0.1, 0.15) is 43.0 Å². The Kier molecular flexibility index (Phi) is 30.7. The number of amides is 1. The molecular weight excluding hydrogens is 975 g/mol. The molecule has 75 heavy (non-hydrogen) atoms. The highest BCUT2D eigenvalue weighted by Gasteiger charge is 2.34. The van der Waals surface area contributed by atoms with Crippen LogP contribution in [0.2, 0.25) is 0 Å². The van der Waals surface area contributed by atoms with Gasteiger partial charge in [0, 0.05) is 49.0 Å². The van der Waals surface area contributed by atoms with Crippen LogP contribution in [-0.4, -0.2) is 174 Å². The van der Waals surface area contributed by atoms with Gasteiger partial charge < -0.3 is 63.7 Å². The number of nitrogens with zero attached hydrogens (tertiary/aromatic N) is 3. The van der Waals surface area contributed by atoms with Crippen LogP contribution >= 0.6 is 0 Å². The van der Waals surface area contributed by atoms with E-state index >= 15 is 0 Å². The van der Waals surface area contributed by atoms with Gasteiger partial charge in [0.2, 0.25) is 5.95 Å². The maximum Gasteiger partial charge on any atom is 0.329 e. The van der Waals surface area contributed by atoms with Gasteiger partial charge in [-0.05, 0) is 57.9 Å². The Bertz CT molecular complexity index is 2320. The van der Waals surface area contributed by atoms with Gasteiger partial charge in [-0.25, -0.2) is 14.8 Å². The zero-order valence-corrected chi connectivity index (χ0v) is 43.4. The fourth-order valence-electron chi connectivity index (χ4n) is 6.81. The summed E-state index contributed by atoms with van der Waals surface area (Å²) in [6, 6.07) is 5.49. The van der Waals surface area contributed by atoms with Crippen LogP contribution < -0.4 is 21.9 Å². The van der Waals surface area contributed by atoms with Crippen LogP contribution in [0.1, 0.15) is 75.3 Å². The second-order valence-corrected chi connectivity index (χ2v) is 17.9. The van der Waals surface area contributed by atoms with Crippen molar-refractivity contribution in [2.75, 3.05) is 130 Å². The van der Waals surface area contributed by atoms with Crippen molar-refractivity contribution in [1.82, 2.24) is 25.3 Å². The highest BCUT2D eigenvalue weighted by atomic mass is 16.6. The number of nitrogens with one attached hydrogen (secondary N) is 3. The van der Waals surface area contributed by atoms with Crippen molar-refractivity contribution in [3.05, 3.63) is 52.1 Å². The van der Waals surface area contributed by atoms with Gasteiger partial charge in [0.05, 0.1) is 111 Å². The van der Waals surface area contributed by atoms with Crippen LogP contribution in [0.15, 0.2) is 35.3 Å². The van der Waals surface area contributed by atoms with Crippen LogP contribution in [0, 0.1) is 42.4 Å². The number of nitrogen functional groups attached to an aromatic ring is 1. The summed E-state index contributed by atoms with van der Waals surface area (Å²) in [4.78, 5) is 79.0. The maximum absolute atomic E-state index is 13.2. The van der Waals surface area contributed by atoms with Crippen molar-refractivity contribution in [2.24, 2.45) is 5.41 Å². The van der Waals surface area contributed by atoms with Gasteiger partial charge in [0.15, 0.2) is 11.2 Å². The number of aromatic nitrogens is 4. The first-order chi connectivity index (χ1) is 36.2. The number of hydrogen-bond acceptors (Lipinski definition) is 20. The Morgan fingerprint density at radius 1 is 0.680 bits per heavy atom. The average molecular weight is 1050 g/mol. The fourth-order valence-corrected chi connectivity index (χ4v) is 6.81. The minimum Gasteiger partial charge on any atom is -0.458 e. The van der Waals surface area contributed by atoms with Crippen molar-refractivity contribution in [3.8, 4) is 37.0 Å². The number of ether oxygens (including phenoxy) is 10. The third-order valence-electron chi connectivity index (χ3n) is 10.3. The molecule has 0 bridgehead atoms. The number of carbonyl (C=O) groups excluding carboxylic acids is 4.